The number of hydrogen-bond donors (Lipinski definition) is 0. The lowest BCUT2D eigenvalue weighted by Gasteiger charge is -2.30. The zero-order valence-electron chi connectivity index (χ0n) is 35.4. The van der Waals surface area contributed by atoms with Gasteiger partial charge in [-0.2, -0.15) is 0 Å². The van der Waals surface area contributed by atoms with Crippen LogP contribution in [-0.4, -0.2) is 4.57 Å². The lowest BCUT2D eigenvalue weighted by molar-refractivity contribution is 0.593. The molecule has 10 rings (SSSR count). The molecule has 0 saturated carbocycles. The van der Waals surface area contributed by atoms with Gasteiger partial charge in [0.25, 0.3) is 0 Å². The molecule has 0 N–H and O–H groups in total. The summed E-state index contributed by atoms with van der Waals surface area (Å²) in [6, 6.07) is 71.3. The Morgan fingerprint density at radius 1 is 0.367 bits per heavy atom. The summed E-state index contributed by atoms with van der Waals surface area (Å²) in [5.74, 6) is 0. The average Bonchev–Trinajstić information content (AvgIpc) is 3.59. The highest BCUT2D eigenvalue weighted by molar-refractivity contribution is 6.12. The maximum atomic E-state index is 2.54. The molecule has 1 aromatic heterocycles. The van der Waals surface area contributed by atoms with Gasteiger partial charge in [-0.3, -0.25) is 0 Å². The fraction of sp³-hybridized carbons (Fsp3) is 0.138. The summed E-state index contributed by atoms with van der Waals surface area (Å²) in [5.41, 5.74) is 13.2. The van der Waals surface area contributed by atoms with Gasteiger partial charge in [-0.25, -0.2) is 0 Å². The molecule has 9 aromatic carbocycles. The molecule has 0 unspecified atom stereocenters. The van der Waals surface area contributed by atoms with Crippen LogP contribution >= 0.6 is 0 Å². The molecule has 1 heterocycles. The molecule has 292 valence electrons. The van der Waals surface area contributed by atoms with Gasteiger partial charge in [0.15, 0.2) is 0 Å². The van der Waals surface area contributed by atoms with Crippen LogP contribution in [0.2, 0.25) is 0 Å². The highest BCUT2D eigenvalue weighted by Gasteiger charge is 2.29. The number of aromatic nitrogens is 1. The van der Waals surface area contributed by atoms with Crippen molar-refractivity contribution in [3.05, 3.63) is 205 Å². The Kier molecular flexibility index (Phi) is 8.99. The Hall–Kier alpha value is -6.90. The van der Waals surface area contributed by atoms with Crippen LogP contribution in [0.15, 0.2) is 194 Å². The summed E-state index contributed by atoms with van der Waals surface area (Å²) in [6.45, 7) is 14.2. The fourth-order valence-corrected chi connectivity index (χ4v) is 9.71. The van der Waals surface area contributed by atoms with Gasteiger partial charge in [0.1, 0.15) is 0 Å². The van der Waals surface area contributed by atoms with Crippen molar-refractivity contribution >= 4 is 60.3 Å². The lowest BCUT2D eigenvalue weighted by atomic mass is 9.74. The number of fused-ring (bicyclic) bond motifs is 4. The van der Waals surface area contributed by atoms with Gasteiger partial charge in [-0.15, -0.1) is 0 Å². The summed E-state index contributed by atoms with van der Waals surface area (Å²) >= 11 is 0. The van der Waals surface area contributed by atoms with Crippen molar-refractivity contribution in [3.8, 4) is 28.1 Å². The van der Waals surface area contributed by atoms with Gasteiger partial charge >= 0.3 is 0 Å². The Balaban J connectivity index is 1.31. The molecule has 2 heteroatoms. The minimum Gasteiger partial charge on any atom is -0.310 e. The van der Waals surface area contributed by atoms with Crippen LogP contribution in [0.1, 0.15) is 52.7 Å². The monoisotopic (exact) mass is 774 g/mol. The van der Waals surface area contributed by atoms with E-state index in [2.05, 4.69) is 245 Å². The van der Waals surface area contributed by atoms with E-state index < -0.39 is 0 Å². The van der Waals surface area contributed by atoms with Crippen molar-refractivity contribution in [2.24, 2.45) is 0 Å². The molecule has 0 spiro atoms. The van der Waals surface area contributed by atoms with Crippen molar-refractivity contribution in [1.29, 1.82) is 0 Å². The van der Waals surface area contributed by atoms with Crippen molar-refractivity contribution in [2.45, 2.75) is 52.4 Å². The quantitative estimate of drug-likeness (QED) is 0.153. The summed E-state index contributed by atoms with van der Waals surface area (Å²) in [7, 11) is 0. The molecule has 0 amide bonds. The van der Waals surface area contributed by atoms with Crippen LogP contribution in [0.25, 0.3) is 71.3 Å². The van der Waals surface area contributed by atoms with E-state index in [9.17, 15) is 0 Å². The van der Waals surface area contributed by atoms with Crippen molar-refractivity contribution in [3.63, 3.8) is 0 Å². The largest absolute Gasteiger partial charge is 0.310 e. The van der Waals surface area contributed by atoms with Gasteiger partial charge in [0, 0.05) is 33.7 Å². The molecule has 0 aliphatic carbocycles. The second-order valence-corrected chi connectivity index (χ2v) is 18.2. The molecule has 0 bridgehead atoms. The smallest absolute Gasteiger partial charge is 0.0619 e. The number of para-hydroxylation sites is 2. The Morgan fingerprint density at radius 3 is 1.43 bits per heavy atom. The van der Waals surface area contributed by atoms with E-state index in [0.29, 0.717) is 0 Å². The maximum absolute atomic E-state index is 2.54. The molecular weight excluding hydrogens is 725 g/mol. The topological polar surface area (TPSA) is 8.17 Å². The molecule has 60 heavy (non-hydrogen) atoms. The first-order valence-corrected chi connectivity index (χ1v) is 21.2. The Bertz CT molecular complexity index is 3140. The zero-order valence-corrected chi connectivity index (χ0v) is 35.4. The summed E-state index contributed by atoms with van der Waals surface area (Å²) in [5, 5.41) is 8.95. The van der Waals surface area contributed by atoms with Gasteiger partial charge in [0.2, 0.25) is 0 Å². The molecule has 0 atom stereocenters. The summed E-state index contributed by atoms with van der Waals surface area (Å²) < 4.78 is 2.54. The van der Waals surface area contributed by atoms with Crippen LogP contribution < -0.4 is 4.90 Å². The highest BCUT2D eigenvalue weighted by Crippen LogP contribution is 2.48. The number of nitrogens with zero attached hydrogens (tertiary/aromatic N) is 2. The van der Waals surface area contributed by atoms with Crippen LogP contribution in [-0.2, 0) is 10.8 Å². The second kappa shape index (κ2) is 14.4. The molecule has 10 aromatic rings. The molecule has 2 nitrogen and oxygen atoms in total. The molecule has 0 saturated heterocycles. The van der Waals surface area contributed by atoms with E-state index in [1.165, 1.54) is 76.7 Å². The third kappa shape index (κ3) is 6.35. The fourth-order valence-electron chi connectivity index (χ4n) is 9.71. The normalized spacial score (nSPS) is 12.2. The van der Waals surface area contributed by atoms with Gasteiger partial charge < -0.3 is 9.47 Å². The van der Waals surface area contributed by atoms with Gasteiger partial charge in [-0.1, -0.05) is 175 Å². The Labute approximate surface area is 354 Å². The molecular formula is C58H50N2. The minimum atomic E-state index is -0.0929. The van der Waals surface area contributed by atoms with Gasteiger partial charge in [0.05, 0.1) is 11.2 Å². The molecule has 0 aliphatic rings. The standard InChI is InChI=1S/C58H50N2/c1-57(2,3)54-47-29-19-20-30-48(47)55(58(4,5)6)50-38-46(33-34-49(50)54)60-52-37-41-31-32-45(59(43-25-15-9-16-26-43)44-27-17-10-18-28-44)35-42(41)36-51(52)53(39-21-11-7-12-22-39)56(60)40-23-13-8-14-24-40/h7-38H,1-6H3. The van der Waals surface area contributed by atoms with E-state index >= 15 is 0 Å². The van der Waals surface area contributed by atoms with Gasteiger partial charge in [-0.05, 0) is 126 Å². The number of benzene rings is 9. The van der Waals surface area contributed by atoms with E-state index in [4.69, 9.17) is 0 Å². The van der Waals surface area contributed by atoms with Crippen LogP contribution in [0.5, 0.6) is 0 Å². The lowest BCUT2D eigenvalue weighted by Crippen LogP contribution is -2.17. The van der Waals surface area contributed by atoms with Crippen molar-refractivity contribution in [1.82, 2.24) is 4.57 Å². The molecule has 0 radical (unpaired) electrons. The first-order chi connectivity index (χ1) is 29.1. The van der Waals surface area contributed by atoms with E-state index in [-0.39, 0.29) is 10.8 Å². The Morgan fingerprint density at radius 2 is 0.867 bits per heavy atom. The second-order valence-electron chi connectivity index (χ2n) is 18.2. The van der Waals surface area contributed by atoms with Crippen LogP contribution in [0.4, 0.5) is 17.1 Å². The van der Waals surface area contributed by atoms with E-state index in [0.717, 1.165) is 22.7 Å². The van der Waals surface area contributed by atoms with Crippen LogP contribution in [0, 0.1) is 0 Å². The highest BCUT2D eigenvalue weighted by atomic mass is 15.1. The third-order valence-electron chi connectivity index (χ3n) is 12.1. The van der Waals surface area contributed by atoms with E-state index in [1.807, 2.05) is 0 Å². The number of hydrogen-bond acceptors (Lipinski definition) is 1. The summed E-state index contributed by atoms with van der Waals surface area (Å²) in [6.07, 6.45) is 0. The minimum absolute atomic E-state index is 0.0556. The zero-order chi connectivity index (χ0) is 41.2. The molecule has 0 fully saturated rings. The maximum Gasteiger partial charge on any atom is 0.0619 e. The first kappa shape index (κ1) is 37.4. The van der Waals surface area contributed by atoms with E-state index in [1.54, 1.807) is 0 Å². The molecule has 0 aliphatic heterocycles. The van der Waals surface area contributed by atoms with Crippen molar-refractivity contribution in [2.75, 3.05) is 4.90 Å². The van der Waals surface area contributed by atoms with Crippen LogP contribution in [0.3, 0.4) is 0 Å². The van der Waals surface area contributed by atoms with Crippen molar-refractivity contribution < 1.29 is 0 Å². The third-order valence-corrected chi connectivity index (χ3v) is 12.1. The predicted octanol–water partition coefficient (Wildman–Crippen LogP) is 16.5. The summed E-state index contributed by atoms with van der Waals surface area (Å²) in [4.78, 5) is 2.35. The number of rotatable bonds is 6. The predicted molar refractivity (Wildman–Crippen MR) is 259 cm³/mol. The SMILES string of the molecule is CC(C)(C)c1c2ccccc2c(C(C)(C)C)c2cc(-n3c(-c4ccccc4)c(-c4ccccc4)c4cc5cc(N(c6ccccc6)c6ccccc6)ccc5cc43)ccc12. The number of anilines is 3. The first-order valence-electron chi connectivity index (χ1n) is 21.2. The average molecular weight is 775 g/mol.